The topological polar surface area (TPSA) is 75.5 Å². The van der Waals surface area contributed by atoms with Crippen molar-refractivity contribution in [1.29, 1.82) is 0 Å². The predicted octanol–water partition coefficient (Wildman–Crippen LogP) is 2.72. The van der Waals surface area contributed by atoms with Crippen LogP contribution in [0.15, 0.2) is 36.5 Å². The predicted molar refractivity (Wildman–Crippen MR) is 110 cm³/mol. The van der Waals surface area contributed by atoms with E-state index in [-0.39, 0.29) is 18.2 Å². The molecule has 0 aliphatic rings. The molecule has 3 rings (SSSR count). The molecular formula is C22H26N4O2. The number of nitrogens with one attached hydrogen (secondary N) is 2. The van der Waals surface area contributed by atoms with Gasteiger partial charge < -0.3 is 15.0 Å². The fourth-order valence-electron chi connectivity index (χ4n) is 3.14. The van der Waals surface area contributed by atoms with Gasteiger partial charge in [0, 0.05) is 31.8 Å². The van der Waals surface area contributed by atoms with Gasteiger partial charge in [-0.15, -0.1) is 0 Å². The van der Waals surface area contributed by atoms with Gasteiger partial charge in [-0.1, -0.05) is 12.1 Å². The minimum Gasteiger partial charge on any atom is -0.355 e. The highest BCUT2D eigenvalue weighted by molar-refractivity contribution is 5.82. The lowest BCUT2D eigenvalue weighted by molar-refractivity contribution is -0.121. The summed E-state index contributed by atoms with van der Waals surface area (Å²) in [4.78, 5) is 28.3. The molecule has 2 aromatic heterocycles. The minimum atomic E-state index is -0.108. The highest BCUT2D eigenvalue weighted by Crippen LogP contribution is 2.27. The molecular weight excluding hydrogens is 352 g/mol. The maximum absolute atomic E-state index is 12.5. The third-order valence-electron chi connectivity index (χ3n) is 4.81. The van der Waals surface area contributed by atoms with Crippen LogP contribution in [-0.4, -0.2) is 34.3 Å². The van der Waals surface area contributed by atoms with Crippen molar-refractivity contribution in [2.45, 2.75) is 34.1 Å². The van der Waals surface area contributed by atoms with E-state index in [9.17, 15) is 9.59 Å². The lowest BCUT2D eigenvalue weighted by Gasteiger charge is -2.09. The summed E-state index contributed by atoms with van der Waals surface area (Å²) in [7, 11) is 0. The monoisotopic (exact) mass is 378 g/mol. The van der Waals surface area contributed by atoms with E-state index in [0.29, 0.717) is 13.1 Å². The number of aryl methyl sites for hydroxylation is 3. The van der Waals surface area contributed by atoms with Gasteiger partial charge in [0.1, 0.15) is 5.65 Å². The summed E-state index contributed by atoms with van der Waals surface area (Å²) < 4.78 is 1.98. The normalized spacial score (nSPS) is 10.9. The Labute approximate surface area is 165 Å². The van der Waals surface area contributed by atoms with E-state index in [1.807, 2.05) is 29.7 Å². The van der Waals surface area contributed by atoms with Crippen molar-refractivity contribution in [2.75, 3.05) is 13.1 Å². The van der Waals surface area contributed by atoms with Gasteiger partial charge in [-0.2, -0.15) is 0 Å². The van der Waals surface area contributed by atoms with E-state index in [2.05, 4.69) is 42.7 Å². The van der Waals surface area contributed by atoms with Gasteiger partial charge in [0.05, 0.1) is 17.8 Å². The lowest BCUT2D eigenvalue weighted by Crippen LogP contribution is -2.34. The molecule has 0 saturated carbocycles. The standard InChI is InChI=1S/C22H26N4O2/c1-14-7-10-26-19(13-21(28)24-9-8-23-17(4)27)22(25-20(26)11-14)18-6-5-15(2)16(3)12-18/h5-7,10-12H,8-9,13H2,1-4H3,(H,23,27)(H,24,28). The molecule has 2 amide bonds. The fourth-order valence-corrected chi connectivity index (χ4v) is 3.14. The van der Waals surface area contributed by atoms with Crippen LogP contribution in [0.2, 0.25) is 0 Å². The van der Waals surface area contributed by atoms with Gasteiger partial charge in [-0.05, 0) is 55.7 Å². The molecule has 3 aromatic rings. The number of benzene rings is 1. The molecule has 146 valence electrons. The number of carbonyl (C=O) groups excluding carboxylic acids is 2. The van der Waals surface area contributed by atoms with Gasteiger partial charge in [0.15, 0.2) is 0 Å². The number of fused-ring (bicyclic) bond motifs is 1. The van der Waals surface area contributed by atoms with Crippen LogP contribution in [-0.2, 0) is 16.0 Å². The Balaban J connectivity index is 1.91. The van der Waals surface area contributed by atoms with E-state index in [1.165, 1.54) is 18.1 Å². The molecule has 2 heterocycles. The molecule has 1 aromatic carbocycles. The molecule has 0 spiro atoms. The van der Waals surface area contributed by atoms with Crippen molar-refractivity contribution in [3.63, 3.8) is 0 Å². The minimum absolute atomic E-state index is 0.0992. The average Bonchev–Trinajstić information content (AvgIpc) is 2.98. The summed E-state index contributed by atoms with van der Waals surface area (Å²) in [6.07, 6.45) is 2.18. The number of hydrogen-bond donors (Lipinski definition) is 2. The fraction of sp³-hybridized carbons (Fsp3) is 0.318. The highest BCUT2D eigenvalue weighted by Gasteiger charge is 2.17. The summed E-state index contributed by atoms with van der Waals surface area (Å²) in [5.74, 6) is -0.207. The molecule has 0 saturated heterocycles. The summed E-state index contributed by atoms with van der Waals surface area (Å²) in [5, 5.41) is 5.53. The van der Waals surface area contributed by atoms with Crippen molar-refractivity contribution in [3.8, 4) is 11.3 Å². The third kappa shape index (κ3) is 4.39. The largest absolute Gasteiger partial charge is 0.355 e. The van der Waals surface area contributed by atoms with Crippen LogP contribution < -0.4 is 10.6 Å². The number of carbonyl (C=O) groups is 2. The second kappa shape index (κ2) is 8.25. The first-order valence-corrected chi connectivity index (χ1v) is 9.41. The zero-order valence-electron chi connectivity index (χ0n) is 16.8. The van der Waals surface area contributed by atoms with E-state index >= 15 is 0 Å². The van der Waals surface area contributed by atoms with Gasteiger partial charge in [0.25, 0.3) is 0 Å². The number of rotatable bonds is 6. The van der Waals surface area contributed by atoms with Crippen LogP contribution >= 0.6 is 0 Å². The van der Waals surface area contributed by atoms with Crippen LogP contribution in [0, 0.1) is 20.8 Å². The quantitative estimate of drug-likeness (QED) is 0.648. The molecule has 0 aliphatic carbocycles. The molecule has 0 radical (unpaired) electrons. The van der Waals surface area contributed by atoms with Crippen molar-refractivity contribution in [3.05, 3.63) is 58.9 Å². The highest BCUT2D eigenvalue weighted by atomic mass is 16.2. The summed E-state index contributed by atoms with van der Waals surface area (Å²) in [5.41, 5.74) is 7.05. The maximum Gasteiger partial charge on any atom is 0.226 e. The molecule has 0 bridgehead atoms. The Morgan fingerprint density at radius 1 is 1.00 bits per heavy atom. The number of aromatic nitrogens is 2. The Hall–Kier alpha value is -3.15. The van der Waals surface area contributed by atoms with Crippen LogP contribution in [0.3, 0.4) is 0 Å². The zero-order valence-corrected chi connectivity index (χ0v) is 16.8. The third-order valence-corrected chi connectivity index (χ3v) is 4.81. The van der Waals surface area contributed by atoms with Gasteiger partial charge >= 0.3 is 0 Å². The number of hydrogen-bond acceptors (Lipinski definition) is 3. The molecule has 6 heteroatoms. The van der Waals surface area contributed by atoms with E-state index in [0.717, 1.165) is 28.2 Å². The van der Waals surface area contributed by atoms with Crippen molar-refractivity contribution in [1.82, 2.24) is 20.0 Å². The van der Waals surface area contributed by atoms with E-state index in [1.54, 1.807) is 0 Å². The molecule has 6 nitrogen and oxygen atoms in total. The molecule has 0 unspecified atom stereocenters. The second-order valence-corrected chi connectivity index (χ2v) is 7.15. The number of nitrogens with zero attached hydrogens (tertiary/aromatic N) is 2. The Morgan fingerprint density at radius 2 is 1.75 bits per heavy atom. The summed E-state index contributed by atoms with van der Waals surface area (Å²) in [6.45, 7) is 8.45. The SMILES string of the molecule is CC(=O)NCCNC(=O)Cc1c(-c2ccc(C)c(C)c2)nc2cc(C)ccn12. The molecule has 0 atom stereocenters. The van der Waals surface area contributed by atoms with Crippen molar-refractivity contribution in [2.24, 2.45) is 0 Å². The van der Waals surface area contributed by atoms with Gasteiger partial charge in [-0.25, -0.2) is 4.98 Å². The van der Waals surface area contributed by atoms with Crippen LogP contribution in [0.5, 0.6) is 0 Å². The summed E-state index contributed by atoms with van der Waals surface area (Å²) >= 11 is 0. The maximum atomic E-state index is 12.5. The van der Waals surface area contributed by atoms with Crippen molar-refractivity contribution < 1.29 is 9.59 Å². The van der Waals surface area contributed by atoms with Crippen LogP contribution in [0.25, 0.3) is 16.9 Å². The Bertz CT molecular complexity index is 1040. The number of pyridine rings is 1. The molecule has 2 N–H and O–H groups in total. The summed E-state index contributed by atoms with van der Waals surface area (Å²) in [6, 6.07) is 10.3. The second-order valence-electron chi connectivity index (χ2n) is 7.15. The van der Waals surface area contributed by atoms with Gasteiger partial charge in [-0.3, -0.25) is 9.59 Å². The van der Waals surface area contributed by atoms with E-state index < -0.39 is 0 Å². The lowest BCUT2D eigenvalue weighted by atomic mass is 10.0. The first-order chi connectivity index (χ1) is 13.3. The first kappa shape index (κ1) is 19.6. The Morgan fingerprint density at radius 3 is 2.46 bits per heavy atom. The van der Waals surface area contributed by atoms with Crippen LogP contribution in [0.4, 0.5) is 0 Å². The molecule has 0 fully saturated rings. The average molecular weight is 378 g/mol. The number of imidazole rings is 1. The Kier molecular flexibility index (Phi) is 5.78. The van der Waals surface area contributed by atoms with Crippen molar-refractivity contribution >= 4 is 17.5 Å². The molecule has 0 aliphatic heterocycles. The number of amides is 2. The molecule has 28 heavy (non-hydrogen) atoms. The van der Waals surface area contributed by atoms with Gasteiger partial charge in [0.2, 0.25) is 11.8 Å². The van der Waals surface area contributed by atoms with E-state index in [4.69, 9.17) is 4.98 Å². The zero-order chi connectivity index (χ0) is 20.3. The smallest absolute Gasteiger partial charge is 0.226 e. The van der Waals surface area contributed by atoms with Crippen LogP contribution in [0.1, 0.15) is 29.3 Å². The first-order valence-electron chi connectivity index (χ1n) is 9.41.